The molecule has 32 heavy (non-hydrogen) atoms. The first-order valence-electron chi connectivity index (χ1n) is 10.5. The summed E-state index contributed by atoms with van der Waals surface area (Å²) in [4.78, 5) is 14.9. The first kappa shape index (κ1) is 24.9. The van der Waals surface area contributed by atoms with Crippen molar-refractivity contribution in [3.63, 3.8) is 0 Å². The summed E-state index contributed by atoms with van der Waals surface area (Å²) in [5.74, 6) is 0.564. The van der Waals surface area contributed by atoms with Crippen molar-refractivity contribution in [3.05, 3.63) is 56.5 Å². The SMILES string of the molecule is COc1cc(N)c(Cl)cc1C(=O)NCC1CCN(CCC(O)c2ccc(Cl)cc2Cl)CC1. The number of aliphatic hydroxyl groups excluding tert-OH is 1. The standard InChI is InChI=1S/C23H28Cl3N3O3/c1-32-22-12-20(27)19(26)11-17(22)23(31)28-13-14-4-7-29(8-5-14)9-6-21(30)16-3-2-15(24)10-18(16)25/h2-3,10-12,14,21,30H,4-9,13,27H2,1H3,(H,28,31). The number of nitrogen functional groups attached to an aromatic ring is 1. The lowest BCUT2D eigenvalue weighted by Gasteiger charge is -2.32. The van der Waals surface area contributed by atoms with Gasteiger partial charge in [0.1, 0.15) is 5.75 Å². The van der Waals surface area contributed by atoms with E-state index in [4.69, 9.17) is 45.3 Å². The van der Waals surface area contributed by atoms with Crippen LogP contribution in [-0.2, 0) is 0 Å². The number of piperidine rings is 1. The molecule has 0 spiro atoms. The van der Waals surface area contributed by atoms with Gasteiger partial charge in [-0.3, -0.25) is 4.79 Å². The average molecular weight is 501 g/mol. The van der Waals surface area contributed by atoms with E-state index >= 15 is 0 Å². The molecule has 1 aliphatic rings. The molecule has 0 bridgehead atoms. The second-order valence-corrected chi connectivity index (χ2v) is 9.29. The summed E-state index contributed by atoms with van der Waals surface area (Å²) in [6, 6.07) is 8.25. The number of nitrogens with zero attached hydrogens (tertiary/aromatic N) is 1. The van der Waals surface area contributed by atoms with Crippen LogP contribution in [0.15, 0.2) is 30.3 Å². The monoisotopic (exact) mass is 499 g/mol. The summed E-state index contributed by atoms with van der Waals surface area (Å²) in [6.07, 6.45) is 1.91. The van der Waals surface area contributed by atoms with Crippen molar-refractivity contribution in [1.29, 1.82) is 0 Å². The molecule has 1 heterocycles. The Kier molecular flexibility index (Phi) is 8.91. The van der Waals surface area contributed by atoms with E-state index in [1.54, 1.807) is 24.3 Å². The Balaban J connectivity index is 1.43. The number of amides is 1. The molecule has 4 N–H and O–H groups in total. The summed E-state index contributed by atoms with van der Waals surface area (Å²) >= 11 is 18.2. The van der Waals surface area contributed by atoms with Gasteiger partial charge in [-0.1, -0.05) is 40.9 Å². The Hall–Kier alpha value is -1.70. The molecule has 6 nitrogen and oxygen atoms in total. The van der Waals surface area contributed by atoms with Crippen LogP contribution in [0.4, 0.5) is 5.69 Å². The normalized spacial score (nSPS) is 16.0. The van der Waals surface area contributed by atoms with Crippen LogP contribution >= 0.6 is 34.8 Å². The number of methoxy groups -OCH3 is 1. The van der Waals surface area contributed by atoms with Crippen molar-refractivity contribution in [2.24, 2.45) is 5.92 Å². The van der Waals surface area contributed by atoms with Crippen LogP contribution in [0.3, 0.4) is 0 Å². The lowest BCUT2D eigenvalue weighted by Crippen LogP contribution is -2.39. The predicted molar refractivity (Wildman–Crippen MR) is 130 cm³/mol. The summed E-state index contributed by atoms with van der Waals surface area (Å²) < 4.78 is 5.26. The van der Waals surface area contributed by atoms with Gasteiger partial charge >= 0.3 is 0 Å². The lowest BCUT2D eigenvalue weighted by atomic mass is 9.96. The molecule has 2 aromatic rings. The van der Waals surface area contributed by atoms with Gasteiger partial charge in [0.15, 0.2) is 0 Å². The number of carbonyl (C=O) groups excluding carboxylic acids is 1. The highest BCUT2D eigenvalue weighted by Crippen LogP contribution is 2.30. The largest absolute Gasteiger partial charge is 0.496 e. The van der Waals surface area contributed by atoms with E-state index in [0.717, 1.165) is 32.5 Å². The number of hydrogen-bond donors (Lipinski definition) is 3. The van der Waals surface area contributed by atoms with Gasteiger partial charge in [-0.05, 0) is 62.0 Å². The molecule has 1 amide bonds. The zero-order valence-electron chi connectivity index (χ0n) is 17.9. The van der Waals surface area contributed by atoms with Crippen molar-refractivity contribution < 1.29 is 14.6 Å². The van der Waals surface area contributed by atoms with Crippen LogP contribution in [0, 0.1) is 5.92 Å². The Morgan fingerprint density at radius 1 is 1.22 bits per heavy atom. The number of nitrogens with one attached hydrogen (secondary N) is 1. The third kappa shape index (κ3) is 6.42. The highest BCUT2D eigenvalue weighted by atomic mass is 35.5. The number of hydrogen-bond acceptors (Lipinski definition) is 5. The topological polar surface area (TPSA) is 87.8 Å². The molecule has 1 saturated heterocycles. The molecule has 0 radical (unpaired) electrons. The van der Waals surface area contributed by atoms with Crippen molar-refractivity contribution in [3.8, 4) is 5.75 Å². The number of halogens is 3. The van der Waals surface area contributed by atoms with E-state index in [9.17, 15) is 9.90 Å². The predicted octanol–water partition coefficient (Wildman–Crippen LogP) is 4.80. The number of anilines is 1. The first-order valence-corrected chi connectivity index (χ1v) is 11.7. The van der Waals surface area contributed by atoms with E-state index in [2.05, 4.69) is 10.2 Å². The molecule has 174 valence electrons. The molecular formula is C23H28Cl3N3O3. The van der Waals surface area contributed by atoms with Gasteiger partial charge in [-0.25, -0.2) is 0 Å². The molecule has 3 rings (SSSR count). The highest BCUT2D eigenvalue weighted by molar-refractivity contribution is 6.35. The van der Waals surface area contributed by atoms with Gasteiger partial charge < -0.3 is 25.8 Å². The van der Waals surface area contributed by atoms with Gasteiger partial charge in [0.25, 0.3) is 5.91 Å². The summed E-state index contributed by atoms with van der Waals surface area (Å²) in [7, 11) is 1.49. The van der Waals surface area contributed by atoms with Gasteiger partial charge in [0.2, 0.25) is 0 Å². The second-order valence-electron chi connectivity index (χ2n) is 8.04. The number of ether oxygens (including phenoxy) is 1. The van der Waals surface area contributed by atoms with Crippen LogP contribution in [0.25, 0.3) is 0 Å². The van der Waals surface area contributed by atoms with E-state index < -0.39 is 6.10 Å². The van der Waals surface area contributed by atoms with Crippen LogP contribution in [-0.4, -0.2) is 49.2 Å². The van der Waals surface area contributed by atoms with E-state index in [1.165, 1.54) is 13.2 Å². The molecule has 1 unspecified atom stereocenters. The first-order chi connectivity index (χ1) is 15.3. The molecule has 1 aliphatic heterocycles. The maximum Gasteiger partial charge on any atom is 0.255 e. The number of aliphatic hydroxyl groups is 1. The number of rotatable bonds is 8. The molecule has 0 aromatic heterocycles. The molecule has 1 fully saturated rings. The van der Waals surface area contributed by atoms with Crippen LogP contribution < -0.4 is 15.8 Å². The van der Waals surface area contributed by atoms with Crippen molar-refractivity contribution in [2.45, 2.75) is 25.4 Å². The number of benzene rings is 2. The fourth-order valence-electron chi connectivity index (χ4n) is 3.89. The molecule has 2 aromatic carbocycles. The minimum absolute atomic E-state index is 0.228. The van der Waals surface area contributed by atoms with Gasteiger partial charge in [-0.2, -0.15) is 0 Å². The minimum Gasteiger partial charge on any atom is -0.496 e. The molecule has 1 atom stereocenters. The van der Waals surface area contributed by atoms with Crippen LogP contribution in [0.5, 0.6) is 5.75 Å². The Labute approximate surface area is 203 Å². The number of likely N-dealkylation sites (tertiary alicyclic amines) is 1. The van der Waals surface area contributed by atoms with Crippen molar-refractivity contribution >= 4 is 46.4 Å². The highest BCUT2D eigenvalue weighted by Gasteiger charge is 2.22. The fourth-order valence-corrected chi connectivity index (χ4v) is 4.59. The number of nitrogens with two attached hydrogens (primary N) is 1. The third-order valence-corrected chi connectivity index (χ3v) is 6.75. The average Bonchev–Trinajstić information content (AvgIpc) is 2.78. The van der Waals surface area contributed by atoms with Crippen molar-refractivity contribution in [1.82, 2.24) is 10.2 Å². The maximum absolute atomic E-state index is 12.6. The summed E-state index contributed by atoms with van der Waals surface area (Å²) in [6.45, 7) is 3.19. The minimum atomic E-state index is -0.626. The zero-order valence-corrected chi connectivity index (χ0v) is 20.2. The van der Waals surface area contributed by atoms with Crippen molar-refractivity contribution in [2.75, 3.05) is 39.0 Å². The molecule has 9 heteroatoms. The second kappa shape index (κ2) is 11.4. The Bertz CT molecular complexity index is 950. The van der Waals surface area contributed by atoms with Crippen LogP contribution in [0.1, 0.15) is 41.3 Å². The van der Waals surface area contributed by atoms with E-state index in [-0.39, 0.29) is 5.91 Å². The maximum atomic E-state index is 12.6. The zero-order chi connectivity index (χ0) is 23.3. The van der Waals surface area contributed by atoms with E-state index in [0.29, 0.717) is 56.5 Å². The summed E-state index contributed by atoms with van der Waals surface area (Å²) in [5.41, 5.74) is 7.23. The molecular weight excluding hydrogens is 473 g/mol. The summed E-state index contributed by atoms with van der Waals surface area (Å²) in [5, 5.41) is 14.8. The number of carbonyl (C=O) groups is 1. The molecule has 0 saturated carbocycles. The molecule has 0 aliphatic carbocycles. The Morgan fingerprint density at radius 3 is 2.59 bits per heavy atom. The van der Waals surface area contributed by atoms with Gasteiger partial charge in [0, 0.05) is 29.2 Å². The van der Waals surface area contributed by atoms with E-state index in [1.807, 2.05) is 0 Å². The van der Waals surface area contributed by atoms with Gasteiger partial charge in [-0.15, -0.1) is 0 Å². The van der Waals surface area contributed by atoms with Gasteiger partial charge in [0.05, 0.1) is 29.5 Å². The Morgan fingerprint density at radius 2 is 1.94 bits per heavy atom. The third-order valence-electron chi connectivity index (χ3n) is 5.86. The lowest BCUT2D eigenvalue weighted by molar-refractivity contribution is 0.0925. The smallest absolute Gasteiger partial charge is 0.255 e. The van der Waals surface area contributed by atoms with Crippen LogP contribution in [0.2, 0.25) is 15.1 Å². The fraction of sp³-hybridized carbons (Fsp3) is 0.435. The quantitative estimate of drug-likeness (QED) is 0.453.